The van der Waals surface area contributed by atoms with Gasteiger partial charge in [0.05, 0.1) is 38.2 Å². The highest BCUT2D eigenvalue weighted by Crippen LogP contribution is 2.45. The monoisotopic (exact) mass is 981 g/mol. The minimum Gasteiger partial charge on any atom is -0.505 e. The Kier molecular flexibility index (Phi) is 11.4. The van der Waals surface area contributed by atoms with E-state index in [0.29, 0.717) is 21.3 Å². The van der Waals surface area contributed by atoms with Crippen molar-refractivity contribution >= 4 is 120 Å². The highest BCUT2D eigenvalue weighted by molar-refractivity contribution is 7.86. The molecule has 1 amide bonds. The van der Waals surface area contributed by atoms with Crippen LogP contribution in [0, 0.1) is 18.3 Å². The number of carbonyl (C=O) groups excluding carboxylic acids is 1. The number of phenolic OH excluding ortho intramolecular Hbond substituents is 1. The molecule has 0 bridgehead atoms. The predicted molar refractivity (Wildman–Crippen MR) is 249 cm³/mol. The third-order valence-electron chi connectivity index (χ3n) is 10.4. The third kappa shape index (κ3) is 8.66. The summed E-state index contributed by atoms with van der Waals surface area (Å²) in [6, 6.07) is 27.5. The van der Waals surface area contributed by atoms with Gasteiger partial charge in [0.15, 0.2) is 17.1 Å². The maximum absolute atomic E-state index is 13.4. The molecule has 0 aliphatic carbocycles. The molecular weight excluding hydrogens is 955 g/mol. The number of imidazole rings is 1. The van der Waals surface area contributed by atoms with Crippen molar-refractivity contribution in [3.63, 3.8) is 0 Å². The molecule has 3 heterocycles. The van der Waals surface area contributed by atoms with E-state index >= 15 is 0 Å². The van der Waals surface area contributed by atoms with Crippen LogP contribution in [-0.2, 0) is 20.2 Å². The van der Waals surface area contributed by atoms with Gasteiger partial charge in [-0.2, -0.15) is 27.2 Å². The first-order chi connectivity index (χ1) is 32.9. The summed E-state index contributed by atoms with van der Waals surface area (Å²) >= 11 is 0.943. The van der Waals surface area contributed by atoms with Crippen LogP contribution in [-0.4, -0.2) is 67.5 Å². The van der Waals surface area contributed by atoms with Crippen LogP contribution in [0.5, 0.6) is 11.6 Å². The number of nitrogens with zero attached hydrogens (tertiary/aromatic N) is 10. The van der Waals surface area contributed by atoms with Gasteiger partial charge in [0.1, 0.15) is 38.5 Å². The molecular formula is C44H27N11O11S3. The minimum absolute atomic E-state index is 0.00897. The van der Waals surface area contributed by atoms with Gasteiger partial charge in [-0.3, -0.25) is 18.3 Å². The second-order valence-electron chi connectivity index (χ2n) is 14.7. The van der Waals surface area contributed by atoms with Gasteiger partial charge in [-0.1, -0.05) is 47.7 Å². The standard InChI is InChI=1S/C44H27N11O11S3/c1-21-27(20-45)40-46-28-9-5-6-10-33(28)55(40)42(58)37(21)52-49-25-13-11-23-16-36(69(64,65)66)38(39(56)26(23)17-25)53-51-32-18-30(47-41(57)22-7-3-2-4-8-22)31(19-35(32)68(61,62)63)50-54-44-48-29-14-12-24(43(59)60)15-34(29)67-44/h2-19,56,58H,1H3,(H,47,57)(H,59,60)(H,61,62,63)(H,64,65,66). The molecule has 0 atom stereocenters. The molecule has 0 aliphatic rings. The normalized spacial score (nSPS) is 12.3. The van der Waals surface area contributed by atoms with Gasteiger partial charge in [0, 0.05) is 16.5 Å². The SMILES string of the molecule is Cc1c(N=Nc2ccc3cc(S(=O)(=O)O)c(N=Nc4cc(NC(=O)c5ccccc5)c(N=Nc5nc6ccc(C(=O)O)cc6s5)cc4S(=O)(=O)O)c(O)c3c2)c(O)n2c(nc3ccccc32)c1C#N. The summed E-state index contributed by atoms with van der Waals surface area (Å²) in [5.41, 5.74) is -0.250. The highest BCUT2D eigenvalue weighted by atomic mass is 32.2. The number of hydrogen-bond donors (Lipinski definition) is 6. The molecule has 6 aromatic carbocycles. The van der Waals surface area contributed by atoms with E-state index in [4.69, 9.17) is 0 Å². The van der Waals surface area contributed by atoms with Crippen LogP contribution in [0.1, 0.15) is 31.8 Å². The Morgan fingerprint density at radius 2 is 1.43 bits per heavy atom. The van der Waals surface area contributed by atoms with E-state index in [1.807, 2.05) is 0 Å². The fourth-order valence-electron chi connectivity index (χ4n) is 7.11. The van der Waals surface area contributed by atoms with Crippen molar-refractivity contribution in [3.05, 3.63) is 131 Å². The first kappa shape index (κ1) is 45.2. The maximum Gasteiger partial charge on any atom is 0.335 e. The van der Waals surface area contributed by atoms with Crippen molar-refractivity contribution in [2.45, 2.75) is 16.7 Å². The average Bonchev–Trinajstić information content (AvgIpc) is 3.92. The number of aromatic nitrogens is 3. The molecule has 22 nitrogen and oxygen atoms in total. The number of para-hydroxylation sites is 2. The number of nitriles is 1. The number of anilines is 1. The molecule has 0 spiro atoms. The summed E-state index contributed by atoms with van der Waals surface area (Å²) in [4.78, 5) is 31.7. The van der Waals surface area contributed by atoms with Crippen molar-refractivity contribution in [2.75, 3.05) is 5.32 Å². The van der Waals surface area contributed by atoms with Gasteiger partial charge in [-0.15, -0.1) is 25.6 Å². The van der Waals surface area contributed by atoms with E-state index in [1.54, 1.807) is 49.4 Å². The minimum atomic E-state index is -5.25. The molecule has 0 unspecified atom stereocenters. The summed E-state index contributed by atoms with van der Waals surface area (Å²) in [7, 11) is -10.5. The first-order valence-corrected chi connectivity index (χ1v) is 23.3. The van der Waals surface area contributed by atoms with Gasteiger partial charge in [0.25, 0.3) is 26.1 Å². The zero-order chi connectivity index (χ0) is 48.9. The van der Waals surface area contributed by atoms with Gasteiger partial charge < -0.3 is 20.6 Å². The van der Waals surface area contributed by atoms with Crippen LogP contribution in [0.2, 0.25) is 0 Å². The number of hydrogen-bond acceptors (Lipinski definition) is 18. The number of pyridine rings is 1. The molecule has 69 heavy (non-hydrogen) atoms. The topological polar surface area (TPSA) is 344 Å². The lowest BCUT2D eigenvalue weighted by atomic mass is 10.1. The van der Waals surface area contributed by atoms with Crippen LogP contribution >= 0.6 is 11.3 Å². The number of benzene rings is 6. The molecule has 0 saturated heterocycles. The second-order valence-corrected chi connectivity index (χ2v) is 18.5. The zero-order valence-electron chi connectivity index (χ0n) is 34.8. The Balaban J connectivity index is 1.14. The van der Waals surface area contributed by atoms with Crippen molar-refractivity contribution in [2.24, 2.45) is 30.7 Å². The molecule has 0 saturated carbocycles. The van der Waals surface area contributed by atoms with Crippen molar-refractivity contribution in [1.82, 2.24) is 14.4 Å². The smallest absolute Gasteiger partial charge is 0.335 e. The number of carboxylic acids is 1. The molecule has 0 fully saturated rings. The van der Waals surface area contributed by atoms with E-state index < -0.39 is 59.0 Å². The fourth-order valence-corrected chi connectivity index (χ4v) is 9.22. The van der Waals surface area contributed by atoms with Crippen LogP contribution in [0.25, 0.3) is 37.7 Å². The summed E-state index contributed by atoms with van der Waals surface area (Å²) in [5.74, 6) is -3.18. The molecule has 6 N–H and O–H groups in total. The summed E-state index contributed by atoms with van der Waals surface area (Å²) < 4.78 is 73.8. The number of carboxylic acid groups (broad SMARTS) is 1. The highest BCUT2D eigenvalue weighted by Gasteiger charge is 2.26. The number of rotatable bonds is 11. The van der Waals surface area contributed by atoms with E-state index in [-0.39, 0.29) is 72.4 Å². The molecule has 9 aromatic rings. The lowest BCUT2D eigenvalue weighted by molar-refractivity contribution is 0.0696. The first-order valence-electron chi connectivity index (χ1n) is 19.6. The molecule has 0 aliphatic heterocycles. The Labute approximate surface area is 391 Å². The fraction of sp³-hybridized carbons (Fsp3) is 0.0227. The van der Waals surface area contributed by atoms with Crippen LogP contribution < -0.4 is 5.32 Å². The lowest BCUT2D eigenvalue weighted by Crippen LogP contribution is -2.12. The maximum atomic E-state index is 13.4. The summed E-state index contributed by atoms with van der Waals surface area (Å²) in [6.07, 6.45) is 0. The van der Waals surface area contributed by atoms with Crippen LogP contribution in [0.15, 0.2) is 150 Å². The number of phenols is 1. The van der Waals surface area contributed by atoms with Crippen molar-refractivity contribution < 1.29 is 50.8 Å². The quantitative estimate of drug-likeness (QED) is 0.0518. The number of nitrogens with one attached hydrogen (secondary N) is 1. The average molecular weight is 982 g/mol. The van der Waals surface area contributed by atoms with Gasteiger partial charge in [-0.25, -0.2) is 14.8 Å². The van der Waals surface area contributed by atoms with Crippen LogP contribution in [0.3, 0.4) is 0 Å². The Bertz CT molecular complexity index is 4060. The van der Waals surface area contributed by atoms with Crippen molar-refractivity contribution in [1.29, 1.82) is 5.26 Å². The van der Waals surface area contributed by atoms with Gasteiger partial charge in [-0.05, 0) is 85.1 Å². The molecule has 3 aromatic heterocycles. The molecule has 25 heteroatoms. The Hall–Kier alpha value is -8.93. The number of aromatic carboxylic acids is 1. The Morgan fingerprint density at radius 3 is 2.16 bits per heavy atom. The van der Waals surface area contributed by atoms with E-state index in [1.165, 1.54) is 52.9 Å². The number of carbonyl (C=O) groups is 2. The largest absolute Gasteiger partial charge is 0.505 e. The van der Waals surface area contributed by atoms with Gasteiger partial charge >= 0.3 is 5.97 Å². The number of thiazole rings is 1. The second kappa shape index (κ2) is 17.4. The summed E-state index contributed by atoms with van der Waals surface area (Å²) in [6.45, 7) is 1.54. The van der Waals surface area contributed by atoms with E-state index in [0.717, 1.165) is 29.5 Å². The number of fused-ring (bicyclic) bond motifs is 5. The molecule has 9 rings (SSSR count). The number of amides is 1. The number of aromatic hydroxyl groups is 2. The summed E-state index contributed by atoms with van der Waals surface area (Å²) in [5, 5.41) is 69.1. The number of azo groups is 3. The van der Waals surface area contributed by atoms with Gasteiger partial charge in [0.2, 0.25) is 11.0 Å². The molecule has 0 radical (unpaired) electrons. The lowest BCUT2D eigenvalue weighted by Gasteiger charge is -2.12. The molecule has 342 valence electrons. The predicted octanol–water partition coefficient (Wildman–Crippen LogP) is 10.5. The zero-order valence-corrected chi connectivity index (χ0v) is 37.2. The Morgan fingerprint density at radius 1 is 0.725 bits per heavy atom. The third-order valence-corrected chi connectivity index (χ3v) is 13.0. The van der Waals surface area contributed by atoms with Crippen LogP contribution in [0.4, 0.5) is 39.3 Å². The van der Waals surface area contributed by atoms with E-state index in [9.17, 15) is 56.1 Å². The van der Waals surface area contributed by atoms with E-state index in [2.05, 4.69) is 52.0 Å². The van der Waals surface area contributed by atoms with Crippen molar-refractivity contribution in [3.8, 4) is 17.7 Å².